The third-order valence-electron chi connectivity index (χ3n) is 5.73. The number of anilines is 1. The highest BCUT2D eigenvalue weighted by molar-refractivity contribution is 8.00. The molecule has 0 bridgehead atoms. The molecule has 1 amide bonds. The molecule has 148 valence electrons. The van der Waals surface area contributed by atoms with Gasteiger partial charge in [0, 0.05) is 25.7 Å². The van der Waals surface area contributed by atoms with E-state index in [2.05, 4.69) is 31.1 Å². The minimum absolute atomic E-state index is 0.101. The van der Waals surface area contributed by atoms with Crippen LogP contribution in [0.2, 0.25) is 0 Å². The molecular formula is C20H31N5OS. The summed E-state index contributed by atoms with van der Waals surface area (Å²) < 4.78 is 2.28. The summed E-state index contributed by atoms with van der Waals surface area (Å²) in [6, 6.07) is 0.520. The van der Waals surface area contributed by atoms with Crippen LogP contribution in [-0.4, -0.2) is 45.6 Å². The summed E-state index contributed by atoms with van der Waals surface area (Å²) in [4.78, 5) is 14.9. The number of hydrogen-bond donors (Lipinski definition) is 1. The molecule has 1 aromatic heterocycles. The lowest BCUT2D eigenvalue weighted by molar-refractivity contribution is -0.120. The zero-order valence-electron chi connectivity index (χ0n) is 16.3. The van der Waals surface area contributed by atoms with E-state index in [0.29, 0.717) is 6.04 Å². The van der Waals surface area contributed by atoms with Gasteiger partial charge in [-0.2, -0.15) is 0 Å². The molecule has 6 nitrogen and oxygen atoms in total. The minimum atomic E-state index is -0.154. The Hall–Kier alpha value is -1.50. The SMILES string of the molecule is CC(Sc1nnc(N2CCCC2)n1C1CC1)C(=O)NCCC1=CCCCC1. The summed E-state index contributed by atoms with van der Waals surface area (Å²) in [5, 5.41) is 12.8. The van der Waals surface area contributed by atoms with Gasteiger partial charge in [-0.1, -0.05) is 23.4 Å². The summed E-state index contributed by atoms with van der Waals surface area (Å²) in [6.07, 6.45) is 13.2. The molecular weight excluding hydrogens is 358 g/mol. The first-order chi connectivity index (χ1) is 13.2. The molecule has 1 unspecified atom stereocenters. The van der Waals surface area contributed by atoms with Crippen molar-refractivity contribution >= 4 is 23.6 Å². The molecule has 7 heteroatoms. The fraction of sp³-hybridized carbons (Fsp3) is 0.750. The molecule has 27 heavy (non-hydrogen) atoms. The summed E-state index contributed by atoms with van der Waals surface area (Å²) in [5.41, 5.74) is 1.51. The number of hydrogen-bond acceptors (Lipinski definition) is 5. The molecule has 1 aliphatic heterocycles. The second-order valence-electron chi connectivity index (χ2n) is 7.99. The second kappa shape index (κ2) is 8.67. The van der Waals surface area contributed by atoms with Gasteiger partial charge in [0.1, 0.15) is 0 Å². The maximum atomic E-state index is 12.5. The van der Waals surface area contributed by atoms with Crippen LogP contribution in [0.1, 0.15) is 70.8 Å². The molecule has 1 N–H and O–H groups in total. The lowest BCUT2D eigenvalue weighted by Crippen LogP contribution is -2.32. The van der Waals surface area contributed by atoms with E-state index in [1.165, 1.54) is 56.9 Å². The van der Waals surface area contributed by atoms with Crippen molar-refractivity contribution in [2.45, 2.75) is 81.2 Å². The van der Waals surface area contributed by atoms with Crippen LogP contribution in [0, 0.1) is 0 Å². The standard InChI is InChI=1S/C20H31N5OS/c1-15(18(26)21-12-11-16-7-3-2-4-8-16)27-20-23-22-19(24-13-5-6-14-24)25(20)17-9-10-17/h7,15,17H,2-6,8-14H2,1H3,(H,21,26). The van der Waals surface area contributed by atoms with Gasteiger partial charge in [0.25, 0.3) is 0 Å². The molecule has 1 saturated heterocycles. The third kappa shape index (κ3) is 4.68. The van der Waals surface area contributed by atoms with Gasteiger partial charge in [-0.25, -0.2) is 0 Å². The van der Waals surface area contributed by atoms with Crippen LogP contribution in [0.25, 0.3) is 0 Å². The van der Waals surface area contributed by atoms with Crippen molar-refractivity contribution in [1.82, 2.24) is 20.1 Å². The quantitative estimate of drug-likeness (QED) is 0.542. The number of thioether (sulfide) groups is 1. The smallest absolute Gasteiger partial charge is 0.233 e. The Morgan fingerprint density at radius 2 is 2.07 bits per heavy atom. The highest BCUT2D eigenvalue weighted by Crippen LogP contribution is 2.42. The van der Waals surface area contributed by atoms with Gasteiger partial charge in [0.2, 0.25) is 11.9 Å². The maximum absolute atomic E-state index is 12.5. The first-order valence-corrected chi connectivity index (χ1v) is 11.4. The number of nitrogens with zero attached hydrogens (tertiary/aromatic N) is 4. The van der Waals surface area contributed by atoms with Crippen LogP contribution in [0.15, 0.2) is 16.8 Å². The molecule has 4 rings (SSSR count). The molecule has 2 heterocycles. The fourth-order valence-electron chi connectivity index (χ4n) is 3.97. The highest BCUT2D eigenvalue weighted by Gasteiger charge is 2.33. The number of nitrogens with one attached hydrogen (secondary N) is 1. The van der Waals surface area contributed by atoms with Crippen molar-refractivity contribution in [3.8, 4) is 0 Å². The fourth-order valence-corrected chi connectivity index (χ4v) is 4.91. The molecule has 1 atom stereocenters. The zero-order valence-corrected chi connectivity index (χ0v) is 17.1. The number of allylic oxidation sites excluding steroid dienone is 1. The van der Waals surface area contributed by atoms with Gasteiger partial charge in [0.05, 0.1) is 5.25 Å². The van der Waals surface area contributed by atoms with Gasteiger partial charge in [0.15, 0.2) is 5.16 Å². The Morgan fingerprint density at radius 1 is 1.26 bits per heavy atom. The first kappa shape index (κ1) is 18.8. The van der Waals surface area contributed by atoms with Gasteiger partial charge in [-0.05, 0) is 64.7 Å². The average Bonchev–Trinajstić information content (AvgIpc) is 3.21. The average molecular weight is 390 g/mol. The van der Waals surface area contributed by atoms with Crippen molar-refractivity contribution in [3.05, 3.63) is 11.6 Å². The number of carbonyl (C=O) groups excluding carboxylic acids is 1. The molecule has 0 radical (unpaired) electrons. The van der Waals surface area contributed by atoms with E-state index >= 15 is 0 Å². The van der Waals surface area contributed by atoms with Crippen molar-refractivity contribution in [3.63, 3.8) is 0 Å². The van der Waals surface area contributed by atoms with Crippen molar-refractivity contribution in [2.75, 3.05) is 24.5 Å². The zero-order chi connectivity index (χ0) is 18.6. The normalized spacial score (nSPS) is 21.2. The molecule has 2 fully saturated rings. The molecule has 0 aromatic carbocycles. The van der Waals surface area contributed by atoms with E-state index in [0.717, 1.165) is 37.2 Å². The predicted octanol–water partition coefficient (Wildman–Crippen LogP) is 3.70. The van der Waals surface area contributed by atoms with Gasteiger partial charge in [-0.15, -0.1) is 10.2 Å². The van der Waals surface area contributed by atoms with E-state index in [1.807, 2.05) is 6.92 Å². The van der Waals surface area contributed by atoms with E-state index in [1.54, 1.807) is 11.8 Å². The van der Waals surface area contributed by atoms with Crippen LogP contribution in [0.3, 0.4) is 0 Å². The molecule has 3 aliphatic rings. The molecule has 0 spiro atoms. The Kier molecular flexibility index (Phi) is 6.05. The number of aromatic nitrogens is 3. The van der Waals surface area contributed by atoms with E-state index in [-0.39, 0.29) is 11.2 Å². The van der Waals surface area contributed by atoms with Crippen molar-refractivity contribution in [2.24, 2.45) is 0 Å². The monoisotopic (exact) mass is 389 g/mol. The van der Waals surface area contributed by atoms with Crippen molar-refractivity contribution in [1.29, 1.82) is 0 Å². The largest absolute Gasteiger partial charge is 0.355 e. The van der Waals surface area contributed by atoms with E-state index in [9.17, 15) is 4.79 Å². The Bertz CT molecular complexity index is 691. The van der Waals surface area contributed by atoms with Crippen LogP contribution in [0.5, 0.6) is 0 Å². The Labute approximate surface area is 166 Å². The van der Waals surface area contributed by atoms with Crippen LogP contribution in [-0.2, 0) is 4.79 Å². The first-order valence-electron chi connectivity index (χ1n) is 10.5. The van der Waals surface area contributed by atoms with E-state index in [4.69, 9.17) is 0 Å². The van der Waals surface area contributed by atoms with Gasteiger partial charge in [-0.3, -0.25) is 9.36 Å². The van der Waals surface area contributed by atoms with Crippen LogP contribution < -0.4 is 10.2 Å². The molecule has 1 aromatic rings. The minimum Gasteiger partial charge on any atom is -0.355 e. The van der Waals surface area contributed by atoms with Gasteiger partial charge >= 0.3 is 0 Å². The molecule has 1 saturated carbocycles. The van der Waals surface area contributed by atoms with Crippen LogP contribution in [0.4, 0.5) is 5.95 Å². The summed E-state index contributed by atoms with van der Waals surface area (Å²) in [5.74, 6) is 1.11. The third-order valence-corrected chi connectivity index (χ3v) is 6.79. The van der Waals surface area contributed by atoms with E-state index < -0.39 is 0 Å². The van der Waals surface area contributed by atoms with Crippen molar-refractivity contribution < 1.29 is 4.79 Å². The number of amides is 1. The summed E-state index contributed by atoms with van der Waals surface area (Å²) in [6.45, 7) is 4.86. The topological polar surface area (TPSA) is 63.1 Å². The Balaban J connectivity index is 1.32. The highest BCUT2D eigenvalue weighted by atomic mass is 32.2. The maximum Gasteiger partial charge on any atom is 0.233 e. The molecule has 2 aliphatic carbocycles. The lowest BCUT2D eigenvalue weighted by Gasteiger charge is -2.19. The van der Waals surface area contributed by atoms with Gasteiger partial charge < -0.3 is 10.2 Å². The van der Waals surface area contributed by atoms with Crippen LogP contribution >= 0.6 is 11.8 Å². The second-order valence-corrected chi connectivity index (χ2v) is 9.30. The number of carbonyl (C=O) groups is 1. The lowest BCUT2D eigenvalue weighted by atomic mass is 9.97. The number of rotatable bonds is 8. The predicted molar refractivity (Wildman–Crippen MR) is 109 cm³/mol. The Morgan fingerprint density at radius 3 is 2.78 bits per heavy atom. The summed E-state index contributed by atoms with van der Waals surface area (Å²) >= 11 is 1.55. The summed E-state index contributed by atoms with van der Waals surface area (Å²) in [7, 11) is 0.